The number of hydrogen-bond donors (Lipinski definition) is 2. The van der Waals surface area contributed by atoms with Crippen LogP contribution in [-0.2, 0) is 9.53 Å². The van der Waals surface area contributed by atoms with E-state index in [0.717, 1.165) is 0 Å². The van der Waals surface area contributed by atoms with Crippen LogP contribution in [0, 0.1) is 0 Å². The summed E-state index contributed by atoms with van der Waals surface area (Å²) in [5.74, 6) is -1.59. The smallest absolute Gasteiger partial charge is 0.342 e. The van der Waals surface area contributed by atoms with Crippen molar-refractivity contribution in [1.29, 1.82) is 0 Å². The van der Waals surface area contributed by atoms with Crippen LogP contribution < -0.4 is 15.6 Å². The molecular weight excluding hydrogens is 348 g/mol. The number of esters is 1. The highest BCUT2D eigenvalue weighted by atomic mass is 35.5. The zero-order valence-corrected chi connectivity index (χ0v) is 14.0. The average molecular weight is 363 g/mol. The number of rotatable bonds is 5. The first-order valence-electron chi connectivity index (χ1n) is 7.16. The highest BCUT2D eigenvalue weighted by molar-refractivity contribution is 6.30. The number of para-hydroxylation sites is 1. The van der Waals surface area contributed by atoms with E-state index in [9.17, 15) is 14.4 Å². The Balaban J connectivity index is 1.81. The zero-order valence-electron chi connectivity index (χ0n) is 13.2. The van der Waals surface area contributed by atoms with Gasteiger partial charge in [-0.3, -0.25) is 20.4 Å². The number of hydrazine groups is 1. The molecular formula is C17H15ClN2O5. The summed E-state index contributed by atoms with van der Waals surface area (Å²) in [5.41, 5.74) is 4.87. The predicted molar refractivity (Wildman–Crippen MR) is 90.3 cm³/mol. The molecule has 0 aliphatic carbocycles. The van der Waals surface area contributed by atoms with Crippen molar-refractivity contribution in [1.82, 2.24) is 10.9 Å². The lowest BCUT2D eigenvalue weighted by Gasteiger charge is -2.09. The number of ether oxygens (including phenoxy) is 2. The van der Waals surface area contributed by atoms with Gasteiger partial charge in [-0.2, -0.15) is 0 Å². The second-order valence-electron chi connectivity index (χ2n) is 4.79. The van der Waals surface area contributed by atoms with Crippen LogP contribution in [0.4, 0.5) is 0 Å². The Morgan fingerprint density at radius 1 is 1.00 bits per heavy atom. The first kappa shape index (κ1) is 18.3. The fraction of sp³-hybridized carbons (Fsp3) is 0.118. The number of benzene rings is 2. The molecule has 0 aliphatic heterocycles. The Bertz CT molecular complexity index is 777. The summed E-state index contributed by atoms with van der Waals surface area (Å²) >= 11 is 5.73. The van der Waals surface area contributed by atoms with Gasteiger partial charge in [-0.1, -0.05) is 23.7 Å². The number of carbonyl (C=O) groups excluding carboxylic acids is 3. The van der Waals surface area contributed by atoms with Crippen LogP contribution in [0.3, 0.4) is 0 Å². The highest BCUT2D eigenvalue weighted by Crippen LogP contribution is 2.17. The van der Waals surface area contributed by atoms with E-state index >= 15 is 0 Å². The maximum Gasteiger partial charge on any atom is 0.342 e. The molecule has 0 aromatic heterocycles. The van der Waals surface area contributed by atoms with Gasteiger partial charge in [-0.25, -0.2) is 4.79 Å². The van der Waals surface area contributed by atoms with Gasteiger partial charge in [0.2, 0.25) is 0 Å². The third kappa shape index (κ3) is 5.22. The average Bonchev–Trinajstić information content (AvgIpc) is 2.64. The molecule has 2 amide bonds. The normalized spacial score (nSPS) is 9.84. The molecule has 25 heavy (non-hydrogen) atoms. The summed E-state index contributed by atoms with van der Waals surface area (Å²) in [5, 5.41) is 0.490. The minimum atomic E-state index is -0.711. The lowest BCUT2D eigenvalue weighted by Crippen LogP contribution is -2.43. The maximum atomic E-state index is 11.9. The van der Waals surface area contributed by atoms with Gasteiger partial charge in [0.25, 0.3) is 11.8 Å². The van der Waals surface area contributed by atoms with Crippen LogP contribution in [0.2, 0.25) is 5.02 Å². The molecule has 0 saturated carbocycles. The summed E-state index contributed by atoms with van der Waals surface area (Å²) in [4.78, 5) is 35.4. The van der Waals surface area contributed by atoms with Crippen molar-refractivity contribution in [3.05, 3.63) is 64.7 Å². The quantitative estimate of drug-likeness (QED) is 0.626. The number of carbonyl (C=O) groups is 3. The van der Waals surface area contributed by atoms with E-state index in [0.29, 0.717) is 16.3 Å². The minimum absolute atomic E-state index is 0.197. The van der Waals surface area contributed by atoms with E-state index in [1.807, 2.05) is 0 Å². The third-order valence-electron chi connectivity index (χ3n) is 3.08. The molecule has 0 heterocycles. The molecule has 0 saturated heterocycles. The second-order valence-corrected chi connectivity index (χ2v) is 5.22. The largest absolute Gasteiger partial charge is 0.496 e. The molecule has 7 nitrogen and oxygen atoms in total. The molecule has 2 rings (SSSR count). The fourth-order valence-electron chi connectivity index (χ4n) is 1.86. The topological polar surface area (TPSA) is 93.7 Å². The summed E-state index contributed by atoms with van der Waals surface area (Å²) in [7, 11) is 1.42. The van der Waals surface area contributed by atoms with Crippen LogP contribution in [-0.4, -0.2) is 31.5 Å². The standard InChI is InChI=1S/C17H15ClN2O5/c1-24-14-5-3-2-4-13(14)17(23)25-10-15(21)19-20-16(22)11-6-8-12(18)9-7-11/h2-9H,10H2,1H3,(H,19,21)(H,20,22). The van der Waals surface area contributed by atoms with Crippen molar-refractivity contribution in [2.24, 2.45) is 0 Å². The summed E-state index contributed by atoms with van der Waals surface area (Å²) in [6, 6.07) is 12.6. The summed E-state index contributed by atoms with van der Waals surface area (Å²) in [6.45, 7) is -0.558. The van der Waals surface area contributed by atoms with Crippen molar-refractivity contribution in [3.8, 4) is 5.75 Å². The molecule has 0 bridgehead atoms. The van der Waals surface area contributed by atoms with E-state index in [1.54, 1.807) is 30.3 Å². The fourth-order valence-corrected chi connectivity index (χ4v) is 1.98. The number of amides is 2. The van der Waals surface area contributed by atoms with Crippen molar-refractivity contribution in [2.75, 3.05) is 13.7 Å². The van der Waals surface area contributed by atoms with Crippen LogP contribution in [0.1, 0.15) is 20.7 Å². The van der Waals surface area contributed by atoms with Crippen molar-refractivity contribution >= 4 is 29.4 Å². The third-order valence-corrected chi connectivity index (χ3v) is 3.34. The van der Waals surface area contributed by atoms with Crippen LogP contribution >= 0.6 is 11.6 Å². The van der Waals surface area contributed by atoms with Gasteiger partial charge in [0, 0.05) is 10.6 Å². The maximum absolute atomic E-state index is 11.9. The number of nitrogens with one attached hydrogen (secondary N) is 2. The molecule has 130 valence electrons. The SMILES string of the molecule is COc1ccccc1C(=O)OCC(=O)NNC(=O)c1ccc(Cl)cc1. The van der Waals surface area contributed by atoms with Crippen molar-refractivity contribution < 1.29 is 23.9 Å². The molecule has 0 atom stereocenters. The first-order chi connectivity index (χ1) is 12.0. The van der Waals surface area contributed by atoms with Gasteiger partial charge < -0.3 is 9.47 Å². The van der Waals surface area contributed by atoms with E-state index < -0.39 is 24.4 Å². The Labute approximate surface area is 148 Å². The number of halogens is 1. The Morgan fingerprint density at radius 2 is 1.68 bits per heavy atom. The van der Waals surface area contributed by atoms with Crippen molar-refractivity contribution in [3.63, 3.8) is 0 Å². The lowest BCUT2D eigenvalue weighted by atomic mass is 10.2. The van der Waals surface area contributed by atoms with E-state index in [-0.39, 0.29) is 5.56 Å². The molecule has 2 N–H and O–H groups in total. The van der Waals surface area contributed by atoms with Gasteiger partial charge >= 0.3 is 5.97 Å². The van der Waals surface area contributed by atoms with Crippen LogP contribution in [0.15, 0.2) is 48.5 Å². The number of methoxy groups -OCH3 is 1. The summed E-state index contributed by atoms with van der Waals surface area (Å²) < 4.78 is 9.93. The lowest BCUT2D eigenvalue weighted by molar-refractivity contribution is -0.125. The Morgan fingerprint density at radius 3 is 2.36 bits per heavy atom. The monoisotopic (exact) mass is 362 g/mol. The van der Waals surface area contributed by atoms with Crippen LogP contribution in [0.25, 0.3) is 0 Å². The summed E-state index contributed by atoms with van der Waals surface area (Å²) in [6.07, 6.45) is 0. The molecule has 0 fully saturated rings. The molecule has 2 aromatic carbocycles. The van der Waals surface area contributed by atoms with Gasteiger partial charge in [0.1, 0.15) is 11.3 Å². The van der Waals surface area contributed by atoms with Crippen LogP contribution in [0.5, 0.6) is 5.75 Å². The zero-order chi connectivity index (χ0) is 18.2. The van der Waals surface area contributed by atoms with E-state index in [4.69, 9.17) is 21.1 Å². The van der Waals surface area contributed by atoms with Gasteiger partial charge in [0.15, 0.2) is 6.61 Å². The molecule has 2 aromatic rings. The second kappa shape index (κ2) is 8.70. The predicted octanol–water partition coefficient (Wildman–Crippen LogP) is 1.97. The highest BCUT2D eigenvalue weighted by Gasteiger charge is 2.15. The van der Waals surface area contributed by atoms with Crippen molar-refractivity contribution in [2.45, 2.75) is 0 Å². The number of hydrogen-bond acceptors (Lipinski definition) is 5. The first-order valence-corrected chi connectivity index (χ1v) is 7.54. The van der Waals surface area contributed by atoms with E-state index in [2.05, 4.69) is 10.9 Å². The Kier molecular flexibility index (Phi) is 6.36. The molecule has 0 radical (unpaired) electrons. The molecule has 0 aliphatic rings. The van der Waals surface area contributed by atoms with Gasteiger partial charge in [0.05, 0.1) is 7.11 Å². The Hall–Kier alpha value is -3.06. The molecule has 8 heteroatoms. The van der Waals surface area contributed by atoms with Gasteiger partial charge in [-0.15, -0.1) is 0 Å². The van der Waals surface area contributed by atoms with E-state index in [1.165, 1.54) is 25.3 Å². The molecule has 0 unspecified atom stereocenters. The van der Waals surface area contributed by atoms with Gasteiger partial charge in [-0.05, 0) is 36.4 Å². The molecule has 0 spiro atoms. The minimum Gasteiger partial charge on any atom is -0.496 e.